The molecule has 2 N–H and O–H groups in total. The van der Waals surface area contributed by atoms with E-state index in [1.54, 1.807) is 0 Å². The Kier molecular flexibility index (Phi) is 2.36. The number of esters is 2. The Bertz CT molecular complexity index is 605. The molecular weight excluding hydrogens is 252 g/mol. The van der Waals surface area contributed by atoms with Gasteiger partial charge in [-0.05, 0) is 23.8 Å². The van der Waals surface area contributed by atoms with E-state index >= 15 is 0 Å². The number of ether oxygens (including phenoxy) is 2. The third-order valence-electron chi connectivity index (χ3n) is 3.19. The minimum atomic E-state index is -2.01. The van der Waals surface area contributed by atoms with E-state index in [1.165, 1.54) is 18.2 Å². The first kappa shape index (κ1) is 11.7. The first-order valence-electron chi connectivity index (χ1n) is 5.65. The molecule has 0 bridgehead atoms. The molecule has 0 saturated carbocycles. The third-order valence-corrected chi connectivity index (χ3v) is 3.19. The van der Waals surface area contributed by atoms with E-state index in [0.29, 0.717) is 11.1 Å². The Labute approximate surface area is 107 Å². The highest BCUT2D eigenvalue weighted by atomic mass is 16.7. The maximum absolute atomic E-state index is 11.5. The number of fused-ring (bicyclic) bond motifs is 3. The van der Waals surface area contributed by atoms with Gasteiger partial charge in [-0.15, -0.1) is 0 Å². The summed E-state index contributed by atoms with van der Waals surface area (Å²) >= 11 is 0. The lowest BCUT2D eigenvalue weighted by molar-refractivity contribution is -0.252. The molecule has 1 aromatic carbocycles. The number of carbonyl (C=O) groups is 2. The maximum atomic E-state index is 11.5. The largest absolute Gasteiger partial charge is 0.508 e. The molecule has 0 spiro atoms. The van der Waals surface area contributed by atoms with Crippen LogP contribution >= 0.6 is 0 Å². The fourth-order valence-corrected chi connectivity index (χ4v) is 2.36. The molecule has 0 aromatic heterocycles. The van der Waals surface area contributed by atoms with E-state index in [2.05, 4.69) is 0 Å². The Morgan fingerprint density at radius 2 is 1.95 bits per heavy atom. The average Bonchev–Trinajstić information content (AvgIpc) is 2.58. The summed E-state index contributed by atoms with van der Waals surface area (Å²) in [5.74, 6) is -3.55. The molecule has 19 heavy (non-hydrogen) atoms. The smallest absolute Gasteiger partial charge is 0.333 e. The van der Waals surface area contributed by atoms with Gasteiger partial charge in [-0.2, -0.15) is 0 Å². The van der Waals surface area contributed by atoms with Gasteiger partial charge < -0.3 is 19.7 Å². The van der Waals surface area contributed by atoms with Crippen molar-refractivity contribution >= 4 is 11.9 Å². The molecule has 98 valence electrons. The highest BCUT2D eigenvalue weighted by Crippen LogP contribution is 2.41. The molecule has 0 radical (unpaired) electrons. The van der Waals surface area contributed by atoms with Crippen LogP contribution < -0.4 is 0 Å². The lowest BCUT2D eigenvalue weighted by Gasteiger charge is -2.30. The molecule has 0 amide bonds. The van der Waals surface area contributed by atoms with Gasteiger partial charge in [0.25, 0.3) is 5.79 Å². The fraction of sp³-hybridized carbons (Fsp3) is 0.231. The molecule has 3 rings (SSSR count). The molecule has 2 atom stereocenters. The van der Waals surface area contributed by atoms with E-state index in [1.807, 2.05) is 0 Å². The summed E-state index contributed by atoms with van der Waals surface area (Å²) in [6.07, 6.45) is 0.982. The summed E-state index contributed by atoms with van der Waals surface area (Å²) in [5.41, 5.74) is 0.877. The molecule has 0 saturated heterocycles. The number of aromatic hydroxyl groups is 1. The summed E-state index contributed by atoms with van der Waals surface area (Å²) in [5, 5.41) is 19.9. The van der Waals surface area contributed by atoms with Gasteiger partial charge in [0.2, 0.25) is 0 Å². The standard InChI is InChI=1S/C13H10O6/c14-8-1-2-9-7(5-8)6-10-13(9,17)19-12(16)4-3-11(15)18-10/h1-5,10,14,17H,6H2/b4-3+. The molecule has 1 heterocycles. The lowest BCUT2D eigenvalue weighted by atomic mass is 10.1. The number of aliphatic hydroxyl groups is 1. The van der Waals surface area contributed by atoms with Gasteiger partial charge in [-0.1, -0.05) is 0 Å². The van der Waals surface area contributed by atoms with Crippen molar-refractivity contribution in [1.29, 1.82) is 0 Å². The van der Waals surface area contributed by atoms with Gasteiger partial charge >= 0.3 is 11.9 Å². The van der Waals surface area contributed by atoms with Gasteiger partial charge in [0.15, 0.2) is 6.10 Å². The molecule has 1 aromatic rings. The van der Waals surface area contributed by atoms with Crippen LogP contribution in [0, 0.1) is 0 Å². The molecule has 6 nitrogen and oxygen atoms in total. The number of benzene rings is 1. The summed E-state index contributed by atoms with van der Waals surface area (Å²) in [4.78, 5) is 22.9. The van der Waals surface area contributed by atoms with Crippen molar-refractivity contribution < 1.29 is 29.3 Å². The van der Waals surface area contributed by atoms with Crippen molar-refractivity contribution in [3.63, 3.8) is 0 Å². The van der Waals surface area contributed by atoms with Crippen LogP contribution in [0.25, 0.3) is 0 Å². The van der Waals surface area contributed by atoms with E-state index < -0.39 is 23.8 Å². The maximum Gasteiger partial charge on any atom is 0.333 e. The quantitative estimate of drug-likeness (QED) is 0.645. The summed E-state index contributed by atoms with van der Waals surface area (Å²) in [6.45, 7) is 0. The first-order chi connectivity index (χ1) is 8.99. The second-order valence-electron chi connectivity index (χ2n) is 4.42. The molecular formula is C13H10O6. The predicted octanol–water partition coefficient (Wildman–Crippen LogP) is 0.118. The summed E-state index contributed by atoms with van der Waals surface area (Å²) < 4.78 is 10.0. The SMILES string of the molecule is O=C1/C=C/C(=O)OC2(O)c3ccc(O)cc3CC2O1. The minimum Gasteiger partial charge on any atom is -0.508 e. The van der Waals surface area contributed by atoms with E-state index in [9.17, 15) is 19.8 Å². The van der Waals surface area contributed by atoms with Crippen molar-refractivity contribution in [1.82, 2.24) is 0 Å². The van der Waals surface area contributed by atoms with Crippen molar-refractivity contribution in [2.24, 2.45) is 0 Å². The predicted molar refractivity (Wildman–Crippen MR) is 60.8 cm³/mol. The van der Waals surface area contributed by atoms with Crippen LogP contribution in [0.4, 0.5) is 0 Å². The first-order valence-corrected chi connectivity index (χ1v) is 5.65. The number of rotatable bonds is 0. The highest BCUT2D eigenvalue weighted by Gasteiger charge is 2.52. The van der Waals surface area contributed by atoms with Crippen LogP contribution in [0.5, 0.6) is 5.75 Å². The number of hydrogen-bond acceptors (Lipinski definition) is 6. The Morgan fingerprint density at radius 3 is 2.74 bits per heavy atom. The number of hydrogen-bond donors (Lipinski definition) is 2. The zero-order valence-electron chi connectivity index (χ0n) is 9.70. The normalized spacial score (nSPS) is 30.5. The molecule has 2 aliphatic rings. The van der Waals surface area contributed by atoms with Gasteiger partial charge in [-0.25, -0.2) is 9.59 Å². The van der Waals surface area contributed by atoms with Crippen LogP contribution in [-0.2, 0) is 31.3 Å². The number of phenols is 1. The third kappa shape index (κ3) is 1.77. The zero-order chi connectivity index (χ0) is 13.6. The molecule has 0 fully saturated rings. The van der Waals surface area contributed by atoms with Crippen LogP contribution in [-0.4, -0.2) is 28.3 Å². The molecule has 6 heteroatoms. The van der Waals surface area contributed by atoms with Gasteiger partial charge in [-0.3, -0.25) is 0 Å². The zero-order valence-corrected chi connectivity index (χ0v) is 9.70. The summed E-state index contributed by atoms with van der Waals surface area (Å²) in [6, 6.07) is 4.24. The Balaban J connectivity index is 2.10. The molecule has 2 unspecified atom stereocenters. The Morgan fingerprint density at radius 1 is 1.21 bits per heavy atom. The monoisotopic (exact) mass is 262 g/mol. The van der Waals surface area contributed by atoms with Gasteiger partial charge in [0.05, 0.1) is 0 Å². The van der Waals surface area contributed by atoms with Crippen molar-refractivity contribution in [2.75, 3.05) is 0 Å². The van der Waals surface area contributed by atoms with Crippen molar-refractivity contribution in [3.05, 3.63) is 41.5 Å². The molecule has 1 aliphatic heterocycles. The fourth-order valence-electron chi connectivity index (χ4n) is 2.36. The molecule has 1 aliphatic carbocycles. The van der Waals surface area contributed by atoms with E-state index in [-0.39, 0.29) is 12.2 Å². The number of carbonyl (C=O) groups excluding carboxylic acids is 2. The average molecular weight is 262 g/mol. The minimum absolute atomic E-state index is 0.0207. The lowest BCUT2D eigenvalue weighted by Crippen LogP contribution is -2.43. The van der Waals surface area contributed by atoms with E-state index in [4.69, 9.17) is 9.47 Å². The van der Waals surface area contributed by atoms with Crippen LogP contribution in [0.3, 0.4) is 0 Å². The highest BCUT2D eigenvalue weighted by molar-refractivity contribution is 5.92. The van der Waals surface area contributed by atoms with Crippen LogP contribution in [0.2, 0.25) is 0 Å². The van der Waals surface area contributed by atoms with Crippen LogP contribution in [0.1, 0.15) is 11.1 Å². The van der Waals surface area contributed by atoms with Crippen molar-refractivity contribution in [3.8, 4) is 5.75 Å². The number of phenolic OH excluding ortho intramolecular Hbond substituents is 1. The second kappa shape index (κ2) is 3.83. The van der Waals surface area contributed by atoms with E-state index in [0.717, 1.165) is 12.2 Å². The Hall–Kier alpha value is -2.34. The van der Waals surface area contributed by atoms with Crippen LogP contribution in [0.15, 0.2) is 30.4 Å². The van der Waals surface area contributed by atoms with Gasteiger partial charge in [0, 0.05) is 24.1 Å². The summed E-state index contributed by atoms with van der Waals surface area (Å²) in [7, 11) is 0. The van der Waals surface area contributed by atoms with Gasteiger partial charge in [0.1, 0.15) is 5.75 Å². The second-order valence-corrected chi connectivity index (χ2v) is 4.42. The topological polar surface area (TPSA) is 93.1 Å². The van der Waals surface area contributed by atoms with Crippen molar-refractivity contribution in [2.45, 2.75) is 18.3 Å².